The van der Waals surface area contributed by atoms with Crippen LogP contribution in [0.1, 0.15) is 57.9 Å². The largest absolute Gasteiger partial charge is 0.372 e. The minimum Gasteiger partial charge on any atom is -0.372 e. The molecule has 2 aromatic rings. The number of anilines is 2. The maximum Gasteiger partial charge on any atom is 0.301 e. The Labute approximate surface area is 188 Å². The average Bonchev–Trinajstić information content (AvgIpc) is 2.78. The van der Waals surface area contributed by atoms with E-state index in [4.69, 9.17) is 0 Å². The number of hydrogen-bond donors (Lipinski definition) is 1. The van der Waals surface area contributed by atoms with Crippen molar-refractivity contribution in [3.63, 3.8) is 0 Å². The van der Waals surface area contributed by atoms with Gasteiger partial charge in [0.2, 0.25) is 0 Å². The molecule has 1 N–H and O–H groups in total. The van der Waals surface area contributed by atoms with E-state index >= 15 is 0 Å². The molecule has 0 aromatic heterocycles. The molecule has 0 unspecified atom stereocenters. The molecule has 0 saturated carbocycles. The smallest absolute Gasteiger partial charge is 0.301 e. The lowest BCUT2D eigenvalue weighted by atomic mass is 10.1. The topological polar surface area (TPSA) is 114 Å². The van der Waals surface area contributed by atoms with E-state index in [1.165, 1.54) is 56.3 Å². The first-order valence-corrected chi connectivity index (χ1v) is 11.0. The Kier molecular flexibility index (Phi) is 10.1. The van der Waals surface area contributed by atoms with Crippen molar-refractivity contribution in [2.75, 3.05) is 23.4 Å². The summed E-state index contributed by atoms with van der Waals surface area (Å²) in [6.45, 7) is 6.48. The van der Waals surface area contributed by atoms with Gasteiger partial charge < -0.3 is 4.90 Å². The number of benzene rings is 2. The highest BCUT2D eigenvalue weighted by molar-refractivity contribution is 5.81. The summed E-state index contributed by atoms with van der Waals surface area (Å²) in [7, 11) is 0. The Morgan fingerprint density at radius 1 is 0.906 bits per heavy atom. The van der Waals surface area contributed by atoms with Gasteiger partial charge in [0, 0.05) is 24.8 Å². The Balaban J connectivity index is 2.06. The van der Waals surface area contributed by atoms with Gasteiger partial charge in [-0.15, -0.1) is 0 Å². The second-order valence-corrected chi connectivity index (χ2v) is 7.58. The fourth-order valence-corrected chi connectivity index (χ4v) is 3.30. The van der Waals surface area contributed by atoms with Crippen molar-refractivity contribution in [1.29, 1.82) is 0 Å². The number of unbranched alkanes of at least 4 members (excludes halogenated alkanes) is 4. The Bertz CT molecular complexity index is 905. The normalized spacial score (nSPS) is 10.9. The maximum atomic E-state index is 11.2. The zero-order valence-electron chi connectivity index (χ0n) is 18.7. The van der Waals surface area contributed by atoms with Crippen LogP contribution in [0.5, 0.6) is 0 Å². The van der Waals surface area contributed by atoms with Crippen molar-refractivity contribution in [2.45, 2.75) is 52.4 Å². The van der Waals surface area contributed by atoms with E-state index in [0.29, 0.717) is 0 Å². The molecule has 2 rings (SSSR count). The molecule has 0 aliphatic rings. The quantitative estimate of drug-likeness (QED) is 0.163. The molecule has 0 aliphatic carbocycles. The molecule has 9 heteroatoms. The summed E-state index contributed by atoms with van der Waals surface area (Å²) in [5, 5.41) is 26.1. The number of hydrogen-bond acceptors (Lipinski definition) is 7. The predicted octanol–water partition coefficient (Wildman–Crippen LogP) is 6.14. The fraction of sp³-hybridized carbons (Fsp3) is 0.435. The second kappa shape index (κ2) is 13.0. The predicted molar refractivity (Wildman–Crippen MR) is 129 cm³/mol. The molecule has 172 valence electrons. The van der Waals surface area contributed by atoms with Crippen LogP contribution in [0.25, 0.3) is 0 Å². The van der Waals surface area contributed by atoms with Crippen LogP contribution in [0.2, 0.25) is 0 Å². The number of nitrogens with one attached hydrogen (secondary N) is 1. The van der Waals surface area contributed by atoms with Crippen LogP contribution in [0, 0.1) is 20.2 Å². The van der Waals surface area contributed by atoms with Gasteiger partial charge >= 0.3 is 5.69 Å². The molecule has 0 fully saturated rings. The van der Waals surface area contributed by atoms with Crippen LogP contribution in [-0.2, 0) is 0 Å². The summed E-state index contributed by atoms with van der Waals surface area (Å²) in [5.41, 5.74) is 3.97. The summed E-state index contributed by atoms with van der Waals surface area (Å²) in [4.78, 5) is 23.1. The van der Waals surface area contributed by atoms with Gasteiger partial charge in [0.05, 0.1) is 22.1 Å². The van der Waals surface area contributed by atoms with E-state index in [2.05, 4.69) is 41.4 Å². The van der Waals surface area contributed by atoms with Gasteiger partial charge in [-0.3, -0.25) is 25.7 Å². The van der Waals surface area contributed by atoms with Gasteiger partial charge in [0.1, 0.15) is 5.69 Å². The summed E-state index contributed by atoms with van der Waals surface area (Å²) < 4.78 is 0. The Morgan fingerprint density at radius 3 is 2.06 bits per heavy atom. The van der Waals surface area contributed by atoms with Crippen molar-refractivity contribution in [1.82, 2.24) is 0 Å². The number of nitro benzene ring substituents is 2. The monoisotopic (exact) mass is 441 g/mol. The SMILES string of the molecule is CCCCCN(CCCCC)c1ccc(/C=N\Nc2ccc([N+](=O)[O-])cc2[N+](=O)[O-])cc1. The van der Waals surface area contributed by atoms with Crippen LogP contribution in [-0.4, -0.2) is 29.2 Å². The van der Waals surface area contributed by atoms with Crippen molar-refractivity contribution in [3.8, 4) is 0 Å². The van der Waals surface area contributed by atoms with Crippen LogP contribution < -0.4 is 10.3 Å². The highest BCUT2D eigenvalue weighted by Gasteiger charge is 2.19. The molecule has 0 atom stereocenters. The third-order valence-corrected chi connectivity index (χ3v) is 5.11. The Morgan fingerprint density at radius 2 is 1.53 bits per heavy atom. The molecule has 0 amide bonds. The molecular weight excluding hydrogens is 410 g/mol. The van der Waals surface area contributed by atoms with E-state index in [0.717, 1.165) is 24.7 Å². The minimum absolute atomic E-state index is 0.0893. The van der Waals surface area contributed by atoms with Crippen LogP contribution >= 0.6 is 0 Å². The molecule has 9 nitrogen and oxygen atoms in total. The fourth-order valence-electron chi connectivity index (χ4n) is 3.30. The van der Waals surface area contributed by atoms with Gasteiger partial charge in [0.25, 0.3) is 5.69 Å². The molecule has 0 bridgehead atoms. The molecule has 32 heavy (non-hydrogen) atoms. The lowest BCUT2D eigenvalue weighted by Crippen LogP contribution is -2.25. The summed E-state index contributed by atoms with van der Waals surface area (Å²) in [5.74, 6) is 0. The number of nitro groups is 2. The molecule has 0 spiro atoms. The summed E-state index contributed by atoms with van der Waals surface area (Å²) >= 11 is 0. The average molecular weight is 442 g/mol. The first-order valence-electron chi connectivity index (χ1n) is 11.0. The highest BCUT2D eigenvalue weighted by Crippen LogP contribution is 2.28. The van der Waals surface area contributed by atoms with E-state index in [1.807, 2.05) is 12.1 Å². The zero-order chi connectivity index (χ0) is 23.3. The Hall–Kier alpha value is -3.49. The van der Waals surface area contributed by atoms with Crippen LogP contribution in [0.3, 0.4) is 0 Å². The molecule has 2 aromatic carbocycles. The molecule has 0 saturated heterocycles. The molecule has 0 radical (unpaired) electrons. The maximum absolute atomic E-state index is 11.2. The van der Waals surface area contributed by atoms with Gasteiger partial charge in [-0.05, 0) is 36.6 Å². The van der Waals surface area contributed by atoms with Gasteiger partial charge in [-0.1, -0.05) is 51.7 Å². The molecule has 0 aliphatic heterocycles. The van der Waals surface area contributed by atoms with E-state index in [1.54, 1.807) is 6.21 Å². The third kappa shape index (κ3) is 7.64. The third-order valence-electron chi connectivity index (χ3n) is 5.11. The second-order valence-electron chi connectivity index (χ2n) is 7.58. The first-order chi connectivity index (χ1) is 15.5. The summed E-state index contributed by atoms with van der Waals surface area (Å²) in [6, 6.07) is 11.4. The van der Waals surface area contributed by atoms with E-state index in [-0.39, 0.29) is 11.4 Å². The summed E-state index contributed by atoms with van der Waals surface area (Å²) in [6.07, 6.45) is 8.72. The minimum atomic E-state index is -0.675. The van der Waals surface area contributed by atoms with Crippen LogP contribution in [0.15, 0.2) is 47.6 Å². The van der Waals surface area contributed by atoms with Crippen molar-refractivity contribution in [2.24, 2.45) is 5.10 Å². The lowest BCUT2D eigenvalue weighted by Gasteiger charge is -2.25. The van der Waals surface area contributed by atoms with Crippen LogP contribution in [0.4, 0.5) is 22.7 Å². The number of rotatable bonds is 14. The number of hydrazone groups is 1. The van der Waals surface area contributed by atoms with E-state index in [9.17, 15) is 20.2 Å². The highest BCUT2D eigenvalue weighted by atomic mass is 16.6. The van der Waals surface area contributed by atoms with E-state index < -0.39 is 15.5 Å². The van der Waals surface area contributed by atoms with Gasteiger partial charge in [0.15, 0.2) is 0 Å². The molecular formula is C23H31N5O4. The number of nitrogens with zero attached hydrogens (tertiary/aromatic N) is 4. The van der Waals surface area contributed by atoms with Gasteiger partial charge in [-0.2, -0.15) is 5.10 Å². The lowest BCUT2D eigenvalue weighted by molar-refractivity contribution is -0.393. The van der Waals surface area contributed by atoms with Gasteiger partial charge in [-0.25, -0.2) is 0 Å². The van der Waals surface area contributed by atoms with Crippen molar-refractivity contribution < 1.29 is 9.85 Å². The molecule has 0 heterocycles. The van der Waals surface area contributed by atoms with Crippen molar-refractivity contribution in [3.05, 3.63) is 68.3 Å². The zero-order valence-corrected chi connectivity index (χ0v) is 18.7. The number of non-ortho nitro benzene ring substituents is 1. The van der Waals surface area contributed by atoms with Crippen molar-refractivity contribution >= 4 is 29.0 Å². The first kappa shape index (κ1) is 24.8. The standard InChI is InChI=1S/C23H31N5O4/c1-3-5-7-15-26(16-8-6-4-2)20-11-9-19(10-12-20)18-24-25-22-14-13-21(27(29)30)17-23(22)28(31)32/h9-14,17-18,25H,3-8,15-16H2,1-2H3/b24-18-.